The van der Waals surface area contributed by atoms with E-state index in [2.05, 4.69) is 10.8 Å². The summed E-state index contributed by atoms with van der Waals surface area (Å²) in [5, 5.41) is 10.2. The second kappa shape index (κ2) is 12.3. The smallest absolute Gasteiger partial charge is 0.128 e. The van der Waals surface area contributed by atoms with Crippen LogP contribution in [0.3, 0.4) is 0 Å². The van der Waals surface area contributed by atoms with Crippen molar-refractivity contribution in [3.63, 3.8) is 0 Å². The Morgan fingerprint density at radius 3 is 2.86 bits per heavy atom. The van der Waals surface area contributed by atoms with Crippen molar-refractivity contribution in [2.75, 3.05) is 40.0 Å². The zero-order chi connectivity index (χ0) is 20.2. The fourth-order valence-electron chi connectivity index (χ4n) is 3.06. The Morgan fingerprint density at radius 1 is 1.29 bits per heavy atom. The van der Waals surface area contributed by atoms with Crippen LogP contribution < -0.4 is 0 Å². The van der Waals surface area contributed by atoms with E-state index in [1.807, 2.05) is 29.0 Å². The van der Waals surface area contributed by atoms with Crippen LogP contribution in [0.5, 0.6) is 0 Å². The van der Waals surface area contributed by atoms with Crippen molar-refractivity contribution in [2.24, 2.45) is 0 Å². The molecule has 1 aromatic carbocycles. The quantitative estimate of drug-likeness (QED) is 0.423. The summed E-state index contributed by atoms with van der Waals surface area (Å²) in [5.74, 6) is 2.18. The Kier molecular flexibility index (Phi) is 9.73. The maximum absolute atomic E-state index is 14.0. The first-order valence-corrected chi connectivity index (χ1v) is 9.42. The van der Waals surface area contributed by atoms with Crippen molar-refractivity contribution in [1.82, 2.24) is 9.47 Å². The SMILES string of the molecule is C#CCOC[C@@H](O)CN(CCCOC)Cc1cccn1Cc1ccccc1F. The Morgan fingerprint density at radius 2 is 2.11 bits per heavy atom. The molecule has 2 rings (SSSR count). The molecular formula is C22H29FN2O3. The first kappa shape index (κ1) is 22.1. The minimum atomic E-state index is -0.633. The minimum absolute atomic E-state index is 0.187. The number of rotatable bonds is 13. The van der Waals surface area contributed by atoms with Crippen molar-refractivity contribution >= 4 is 0 Å². The van der Waals surface area contributed by atoms with Crippen molar-refractivity contribution in [2.45, 2.75) is 25.6 Å². The van der Waals surface area contributed by atoms with Crippen LogP contribution in [0.25, 0.3) is 0 Å². The van der Waals surface area contributed by atoms with Crippen LogP contribution in [0.15, 0.2) is 42.6 Å². The molecule has 0 spiro atoms. The van der Waals surface area contributed by atoms with Gasteiger partial charge < -0.3 is 19.1 Å². The van der Waals surface area contributed by atoms with Crippen LogP contribution in [0.1, 0.15) is 17.7 Å². The molecule has 0 bridgehead atoms. The van der Waals surface area contributed by atoms with E-state index in [0.717, 1.165) is 18.7 Å². The number of methoxy groups -OCH3 is 1. The minimum Gasteiger partial charge on any atom is -0.389 e. The summed E-state index contributed by atoms with van der Waals surface area (Å²) >= 11 is 0. The van der Waals surface area contributed by atoms with Crippen LogP contribution >= 0.6 is 0 Å². The molecule has 152 valence electrons. The van der Waals surface area contributed by atoms with Gasteiger partial charge in [0.1, 0.15) is 12.4 Å². The lowest BCUT2D eigenvalue weighted by atomic mass is 10.2. The first-order valence-electron chi connectivity index (χ1n) is 9.42. The molecule has 0 aliphatic carbocycles. The lowest BCUT2D eigenvalue weighted by Gasteiger charge is -2.25. The summed E-state index contributed by atoms with van der Waals surface area (Å²) in [7, 11) is 1.67. The molecule has 28 heavy (non-hydrogen) atoms. The van der Waals surface area contributed by atoms with Crippen molar-refractivity contribution in [1.29, 1.82) is 0 Å². The third-order valence-electron chi connectivity index (χ3n) is 4.40. The highest BCUT2D eigenvalue weighted by atomic mass is 19.1. The van der Waals surface area contributed by atoms with Gasteiger partial charge in [0.15, 0.2) is 0 Å². The molecule has 6 heteroatoms. The molecule has 0 saturated carbocycles. The van der Waals surface area contributed by atoms with Gasteiger partial charge in [-0.1, -0.05) is 24.1 Å². The van der Waals surface area contributed by atoms with Crippen LogP contribution in [0.2, 0.25) is 0 Å². The van der Waals surface area contributed by atoms with E-state index in [9.17, 15) is 9.50 Å². The number of aromatic nitrogens is 1. The second-order valence-electron chi connectivity index (χ2n) is 6.67. The standard InChI is InChI=1S/C22H29FN2O3/c1-3-13-28-18-21(26)17-24(11-7-14-27-2)16-20-9-6-12-25(20)15-19-8-4-5-10-22(19)23/h1,4-6,8-10,12,21,26H,7,11,13-18H2,2H3/t21-/m0/s1. The van der Waals surface area contributed by atoms with Gasteiger partial charge in [-0.3, -0.25) is 4.90 Å². The van der Waals surface area contributed by atoms with Crippen LogP contribution in [0.4, 0.5) is 4.39 Å². The fraction of sp³-hybridized carbons (Fsp3) is 0.455. The summed E-state index contributed by atoms with van der Waals surface area (Å²) in [5.41, 5.74) is 1.70. The van der Waals surface area contributed by atoms with Gasteiger partial charge >= 0.3 is 0 Å². The molecule has 1 aromatic heterocycles. The van der Waals surface area contributed by atoms with Gasteiger partial charge in [0, 0.05) is 50.8 Å². The number of benzene rings is 1. The summed E-state index contributed by atoms with van der Waals surface area (Å²) in [6.45, 7) is 3.36. The zero-order valence-corrected chi connectivity index (χ0v) is 16.4. The van der Waals surface area contributed by atoms with Crippen molar-refractivity contribution in [3.8, 4) is 12.3 Å². The number of nitrogens with zero attached hydrogens (tertiary/aromatic N) is 2. The van der Waals surface area contributed by atoms with Crippen molar-refractivity contribution < 1.29 is 19.0 Å². The molecule has 1 atom stereocenters. The lowest BCUT2D eigenvalue weighted by molar-refractivity contribution is 0.0240. The van der Waals surface area contributed by atoms with E-state index in [0.29, 0.717) is 31.8 Å². The molecule has 0 aliphatic heterocycles. The fourth-order valence-corrected chi connectivity index (χ4v) is 3.06. The third-order valence-corrected chi connectivity index (χ3v) is 4.40. The predicted octanol–water partition coefficient (Wildman–Crippen LogP) is 2.52. The largest absolute Gasteiger partial charge is 0.389 e. The maximum atomic E-state index is 14.0. The summed E-state index contributed by atoms with van der Waals surface area (Å²) in [4.78, 5) is 2.15. The molecular weight excluding hydrogens is 359 g/mol. The average Bonchev–Trinajstić information content (AvgIpc) is 3.10. The van der Waals surface area contributed by atoms with Gasteiger partial charge in [-0.2, -0.15) is 0 Å². The molecule has 2 aromatic rings. The Hall–Kier alpha value is -2.17. The highest BCUT2D eigenvalue weighted by molar-refractivity contribution is 5.19. The maximum Gasteiger partial charge on any atom is 0.128 e. The Balaban J connectivity index is 2.01. The molecule has 0 unspecified atom stereocenters. The molecule has 1 N–H and O–H groups in total. The third kappa shape index (κ3) is 7.45. The van der Waals surface area contributed by atoms with E-state index >= 15 is 0 Å². The van der Waals surface area contributed by atoms with Crippen molar-refractivity contribution in [3.05, 3.63) is 59.7 Å². The number of aliphatic hydroxyl groups excluding tert-OH is 1. The van der Waals surface area contributed by atoms with E-state index in [-0.39, 0.29) is 19.0 Å². The van der Waals surface area contributed by atoms with Crippen LogP contribution in [-0.4, -0.2) is 60.7 Å². The number of hydrogen-bond acceptors (Lipinski definition) is 4. The first-order chi connectivity index (χ1) is 13.6. The number of halogens is 1. The number of terminal acetylenes is 1. The van der Waals surface area contributed by atoms with Gasteiger partial charge in [0.2, 0.25) is 0 Å². The molecule has 0 amide bonds. The number of aliphatic hydroxyl groups is 1. The van der Waals surface area contributed by atoms with E-state index in [1.165, 1.54) is 6.07 Å². The van der Waals surface area contributed by atoms with E-state index < -0.39 is 6.10 Å². The van der Waals surface area contributed by atoms with Gasteiger partial charge in [-0.15, -0.1) is 6.42 Å². The van der Waals surface area contributed by atoms with E-state index in [4.69, 9.17) is 15.9 Å². The van der Waals surface area contributed by atoms with Crippen LogP contribution in [0, 0.1) is 18.2 Å². The highest BCUT2D eigenvalue weighted by Gasteiger charge is 2.15. The molecule has 0 saturated heterocycles. The Labute approximate surface area is 166 Å². The molecule has 0 aliphatic rings. The average molecular weight is 388 g/mol. The summed E-state index contributed by atoms with van der Waals surface area (Å²) in [6, 6.07) is 10.8. The predicted molar refractivity (Wildman–Crippen MR) is 107 cm³/mol. The lowest BCUT2D eigenvalue weighted by Crippen LogP contribution is -2.36. The van der Waals surface area contributed by atoms with Crippen LogP contribution in [-0.2, 0) is 22.6 Å². The summed E-state index contributed by atoms with van der Waals surface area (Å²) < 4.78 is 26.4. The van der Waals surface area contributed by atoms with Gasteiger partial charge in [0.05, 0.1) is 19.3 Å². The topological polar surface area (TPSA) is 46.9 Å². The highest BCUT2D eigenvalue weighted by Crippen LogP contribution is 2.14. The monoisotopic (exact) mass is 388 g/mol. The number of ether oxygens (including phenoxy) is 2. The number of hydrogen-bond donors (Lipinski definition) is 1. The summed E-state index contributed by atoms with van der Waals surface area (Å²) in [6.07, 6.45) is 7.33. The molecule has 1 heterocycles. The van der Waals surface area contributed by atoms with Gasteiger partial charge in [-0.25, -0.2) is 4.39 Å². The van der Waals surface area contributed by atoms with E-state index in [1.54, 1.807) is 19.2 Å². The van der Waals surface area contributed by atoms with Gasteiger partial charge in [0.25, 0.3) is 0 Å². The van der Waals surface area contributed by atoms with Gasteiger partial charge in [-0.05, 0) is 24.6 Å². The molecule has 5 nitrogen and oxygen atoms in total. The second-order valence-corrected chi connectivity index (χ2v) is 6.67. The zero-order valence-electron chi connectivity index (χ0n) is 16.4. The normalized spacial score (nSPS) is 12.2. The molecule has 0 fully saturated rings. The molecule has 0 radical (unpaired) electrons. The Bertz CT molecular complexity index is 741.